The predicted molar refractivity (Wildman–Crippen MR) is 95.7 cm³/mol. The smallest absolute Gasteiger partial charge is 0.317 e. The maximum Gasteiger partial charge on any atom is 0.317 e. The summed E-state index contributed by atoms with van der Waals surface area (Å²) < 4.78 is 0. The second kappa shape index (κ2) is 8.34. The Kier molecular flexibility index (Phi) is 6.46. The molecule has 0 saturated carbocycles. The molecule has 1 saturated heterocycles. The molecule has 1 aliphatic heterocycles. The van der Waals surface area contributed by atoms with Gasteiger partial charge in [-0.2, -0.15) is 0 Å². The van der Waals surface area contributed by atoms with Crippen molar-refractivity contribution in [2.45, 2.75) is 39.2 Å². The average Bonchev–Trinajstić information content (AvgIpc) is 2.96. The monoisotopic (exact) mass is 317 g/mol. The van der Waals surface area contributed by atoms with Crippen LogP contribution in [-0.4, -0.2) is 55.6 Å². The Morgan fingerprint density at radius 2 is 2.04 bits per heavy atom. The summed E-state index contributed by atoms with van der Waals surface area (Å²) in [4.78, 5) is 16.7. The Labute approximate surface area is 140 Å². The highest BCUT2D eigenvalue weighted by molar-refractivity contribution is 5.74. The number of benzene rings is 1. The van der Waals surface area contributed by atoms with Gasteiger partial charge >= 0.3 is 6.03 Å². The Morgan fingerprint density at radius 1 is 1.35 bits per heavy atom. The van der Waals surface area contributed by atoms with E-state index in [9.17, 15) is 4.79 Å². The van der Waals surface area contributed by atoms with E-state index >= 15 is 0 Å². The number of amides is 2. The maximum atomic E-state index is 12.5. The topological polar surface area (TPSA) is 35.6 Å². The van der Waals surface area contributed by atoms with Gasteiger partial charge in [0.1, 0.15) is 0 Å². The highest BCUT2D eigenvalue weighted by Gasteiger charge is 2.27. The SMILES string of the molecule is CCC(Cc1ccc(C)cc1)NC(=O)N1CCC(CN(C)C)C1. The summed E-state index contributed by atoms with van der Waals surface area (Å²) in [7, 11) is 4.19. The van der Waals surface area contributed by atoms with E-state index in [4.69, 9.17) is 0 Å². The second-order valence-electron chi connectivity index (χ2n) is 7.11. The number of hydrogen-bond donors (Lipinski definition) is 1. The lowest BCUT2D eigenvalue weighted by Crippen LogP contribution is -2.44. The van der Waals surface area contributed by atoms with Crippen LogP contribution in [-0.2, 0) is 6.42 Å². The van der Waals surface area contributed by atoms with Gasteiger partial charge in [-0.3, -0.25) is 0 Å². The minimum atomic E-state index is 0.102. The number of aryl methyl sites for hydroxylation is 1. The van der Waals surface area contributed by atoms with Crippen molar-refractivity contribution >= 4 is 6.03 Å². The molecule has 1 N–H and O–H groups in total. The molecule has 1 aliphatic rings. The molecule has 0 aliphatic carbocycles. The molecule has 2 atom stereocenters. The van der Waals surface area contributed by atoms with Gasteiger partial charge in [0.2, 0.25) is 0 Å². The molecule has 1 aromatic rings. The number of hydrogen-bond acceptors (Lipinski definition) is 2. The van der Waals surface area contributed by atoms with E-state index in [0.717, 1.165) is 38.9 Å². The van der Waals surface area contributed by atoms with Crippen molar-refractivity contribution in [1.82, 2.24) is 15.1 Å². The zero-order valence-electron chi connectivity index (χ0n) is 15.0. The number of carbonyl (C=O) groups excluding carboxylic acids is 1. The minimum absolute atomic E-state index is 0.102. The maximum absolute atomic E-state index is 12.5. The Bertz CT molecular complexity index is 498. The van der Waals surface area contributed by atoms with Crippen LogP contribution in [0.25, 0.3) is 0 Å². The minimum Gasteiger partial charge on any atom is -0.335 e. The first-order valence-corrected chi connectivity index (χ1v) is 8.73. The second-order valence-corrected chi connectivity index (χ2v) is 7.11. The molecule has 1 aromatic carbocycles. The largest absolute Gasteiger partial charge is 0.335 e. The lowest BCUT2D eigenvalue weighted by Gasteiger charge is -2.23. The van der Waals surface area contributed by atoms with Crippen LogP contribution in [0.5, 0.6) is 0 Å². The van der Waals surface area contributed by atoms with Gasteiger partial charge in [0.25, 0.3) is 0 Å². The summed E-state index contributed by atoms with van der Waals surface area (Å²) in [5.41, 5.74) is 2.56. The molecule has 0 bridgehead atoms. The normalized spacial score (nSPS) is 19.2. The predicted octanol–water partition coefficient (Wildman–Crippen LogP) is 2.91. The van der Waals surface area contributed by atoms with E-state index in [-0.39, 0.29) is 12.1 Å². The van der Waals surface area contributed by atoms with Crippen LogP contribution >= 0.6 is 0 Å². The number of nitrogens with zero attached hydrogens (tertiary/aromatic N) is 2. The molecule has 2 amide bonds. The van der Waals surface area contributed by atoms with Gasteiger partial charge in [-0.15, -0.1) is 0 Å². The van der Waals surface area contributed by atoms with Crippen LogP contribution in [0.1, 0.15) is 30.9 Å². The number of likely N-dealkylation sites (tertiary alicyclic amines) is 1. The summed E-state index contributed by atoms with van der Waals surface area (Å²) >= 11 is 0. The fourth-order valence-electron chi connectivity index (χ4n) is 3.25. The van der Waals surface area contributed by atoms with Crippen molar-refractivity contribution in [1.29, 1.82) is 0 Å². The van der Waals surface area contributed by atoms with Gasteiger partial charge in [-0.1, -0.05) is 36.8 Å². The average molecular weight is 317 g/mol. The standard InChI is InChI=1S/C19H31N3O/c1-5-18(12-16-8-6-15(2)7-9-16)20-19(23)22-11-10-17(14-22)13-21(3)4/h6-9,17-18H,5,10-14H2,1-4H3,(H,20,23). The molecule has 128 valence electrons. The first kappa shape index (κ1) is 17.8. The van der Waals surface area contributed by atoms with Crippen molar-refractivity contribution in [2.75, 3.05) is 33.7 Å². The van der Waals surface area contributed by atoms with E-state index in [1.54, 1.807) is 0 Å². The lowest BCUT2D eigenvalue weighted by molar-refractivity contribution is 0.200. The Balaban J connectivity index is 1.84. The fraction of sp³-hybridized carbons (Fsp3) is 0.632. The molecule has 2 unspecified atom stereocenters. The summed E-state index contributed by atoms with van der Waals surface area (Å²) in [5, 5.41) is 3.22. The highest BCUT2D eigenvalue weighted by Crippen LogP contribution is 2.17. The molecule has 0 radical (unpaired) electrons. The van der Waals surface area contributed by atoms with Crippen LogP contribution in [0.2, 0.25) is 0 Å². The van der Waals surface area contributed by atoms with E-state index in [1.165, 1.54) is 11.1 Å². The van der Waals surface area contributed by atoms with Crippen LogP contribution in [0.3, 0.4) is 0 Å². The molecule has 0 spiro atoms. The van der Waals surface area contributed by atoms with Gasteiger partial charge in [0.15, 0.2) is 0 Å². The van der Waals surface area contributed by atoms with Gasteiger partial charge in [-0.25, -0.2) is 4.79 Å². The van der Waals surface area contributed by atoms with E-state index in [0.29, 0.717) is 5.92 Å². The molecule has 2 rings (SSSR count). The third kappa shape index (κ3) is 5.54. The Hall–Kier alpha value is -1.55. The zero-order valence-corrected chi connectivity index (χ0v) is 15.0. The van der Waals surface area contributed by atoms with Crippen molar-refractivity contribution < 1.29 is 4.79 Å². The van der Waals surface area contributed by atoms with Crippen LogP contribution in [0, 0.1) is 12.8 Å². The molecule has 4 nitrogen and oxygen atoms in total. The van der Waals surface area contributed by atoms with Crippen molar-refractivity contribution in [2.24, 2.45) is 5.92 Å². The summed E-state index contributed by atoms with van der Waals surface area (Å²) in [5.74, 6) is 0.605. The van der Waals surface area contributed by atoms with Gasteiger partial charge < -0.3 is 15.1 Å². The van der Waals surface area contributed by atoms with Crippen LogP contribution < -0.4 is 5.32 Å². The molecule has 1 heterocycles. The van der Waals surface area contributed by atoms with E-state index in [1.807, 2.05) is 4.90 Å². The first-order valence-electron chi connectivity index (χ1n) is 8.73. The first-order chi connectivity index (χ1) is 11.0. The lowest BCUT2D eigenvalue weighted by atomic mass is 10.0. The van der Waals surface area contributed by atoms with Gasteiger partial charge in [0.05, 0.1) is 0 Å². The third-order valence-corrected chi connectivity index (χ3v) is 4.62. The molecular formula is C19H31N3O. The van der Waals surface area contributed by atoms with Gasteiger partial charge in [0, 0.05) is 25.7 Å². The summed E-state index contributed by atoms with van der Waals surface area (Å²) in [6, 6.07) is 8.90. The van der Waals surface area contributed by atoms with Crippen molar-refractivity contribution in [3.8, 4) is 0 Å². The number of nitrogens with one attached hydrogen (secondary N) is 1. The van der Waals surface area contributed by atoms with Crippen LogP contribution in [0.4, 0.5) is 4.79 Å². The van der Waals surface area contributed by atoms with Gasteiger partial charge in [-0.05, 0) is 51.8 Å². The van der Waals surface area contributed by atoms with Crippen molar-refractivity contribution in [3.63, 3.8) is 0 Å². The summed E-state index contributed by atoms with van der Waals surface area (Å²) in [6.45, 7) is 7.05. The zero-order chi connectivity index (χ0) is 16.8. The van der Waals surface area contributed by atoms with E-state index < -0.39 is 0 Å². The molecule has 23 heavy (non-hydrogen) atoms. The molecule has 0 aromatic heterocycles. The molecule has 1 fully saturated rings. The van der Waals surface area contributed by atoms with E-state index in [2.05, 4.69) is 62.4 Å². The van der Waals surface area contributed by atoms with Crippen molar-refractivity contribution in [3.05, 3.63) is 35.4 Å². The summed E-state index contributed by atoms with van der Waals surface area (Å²) in [6.07, 6.45) is 2.96. The number of carbonyl (C=O) groups is 1. The third-order valence-electron chi connectivity index (χ3n) is 4.62. The Morgan fingerprint density at radius 3 is 2.65 bits per heavy atom. The number of urea groups is 1. The molecular weight excluding hydrogens is 286 g/mol. The highest BCUT2D eigenvalue weighted by atomic mass is 16.2. The van der Waals surface area contributed by atoms with Crippen LogP contribution in [0.15, 0.2) is 24.3 Å². The fourth-order valence-corrected chi connectivity index (χ4v) is 3.25. The molecule has 4 heteroatoms. The number of rotatable bonds is 6. The quantitative estimate of drug-likeness (QED) is 0.875.